The maximum absolute atomic E-state index is 6.22. The summed E-state index contributed by atoms with van der Waals surface area (Å²) in [4.78, 5) is 8.56. The molecule has 7 nitrogen and oxygen atoms in total. The molecular formula is C21H27N5O2. The maximum Gasteiger partial charge on any atom is 0.160 e. The number of rotatable bonds is 8. The van der Waals surface area contributed by atoms with Crippen LogP contribution in [0.1, 0.15) is 44.3 Å². The number of aromatic amines is 1. The topological polar surface area (TPSA) is 85.0 Å². The Morgan fingerprint density at radius 2 is 1.96 bits per heavy atom. The van der Waals surface area contributed by atoms with Crippen LogP contribution in [0.3, 0.4) is 0 Å². The van der Waals surface area contributed by atoms with E-state index in [9.17, 15) is 0 Å². The smallest absolute Gasteiger partial charge is 0.160 e. The highest BCUT2D eigenvalue weighted by Gasteiger charge is 2.24. The quantitative estimate of drug-likeness (QED) is 0.616. The highest BCUT2D eigenvalue weighted by molar-refractivity contribution is 5.85. The van der Waals surface area contributed by atoms with E-state index in [-0.39, 0.29) is 12.2 Å². The van der Waals surface area contributed by atoms with Crippen molar-refractivity contribution in [3.8, 4) is 0 Å². The monoisotopic (exact) mass is 381 g/mol. The minimum absolute atomic E-state index is 0.00237. The second-order valence-electron chi connectivity index (χ2n) is 7.16. The lowest BCUT2D eigenvalue weighted by Gasteiger charge is -2.30. The summed E-state index contributed by atoms with van der Waals surface area (Å²) < 4.78 is 12.1. The van der Waals surface area contributed by atoms with Gasteiger partial charge in [-0.2, -0.15) is 5.10 Å². The lowest BCUT2D eigenvalue weighted by atomic mass is 9.93. The molecule has 1 aliphatic rings. The minimum Gasteiger partial charge on any atom is -0.375 e. The Kier molecular flexibility index (Phi) is 6.14. The van der Waals surface area contributed by atoms with E-state index in [1.807, 2.05) is 25.1 Å². The molecule has 0 radical (unpaired) electrons. The average Bonchev–Trinajstić information content (AvgIpc) is 3.23. The van der Waals surface area contributed by atoms with Crippen LogP contribution in [0.5, 0.6) is 0 Å². The predicted octanol–water partition coefficient (Wildman–Crippen LogP) is 3.87. The number of ether oxygens (including phenoxy) is 2. The molecule has 0 saturated heterocycles. The zero-order valence-electron chi connectivity index (χ0n) is 16.2. The third-order valence-electron chi connectivity index (χ3n) is 5.29. The number of fused-ring (bicyclic) bond motifs is 1. The highest BCUT2D eigenvalue weighted by Crippen LogP contribution is 2.27. The van der Waals surface area contributed by atoms with Gasteiger partial charge in [-0.25, -0.2) is 9.97 Å². The van der Waals surface area contributed by atoms with E-state index in [0.717, 1.165) is 42.5 Å². The molecule has 0 spiro atoms. The largest absolute Gasteiger partial charge is 0.375 e. The first kappa shape index (κ1) is 18.8. The molecule has 4 rings (SSSR count). The summed E-state index contributed by atoms with van der Waals surface area (Å²) in [6, 6.07) is 10.7. The van der Waals surface area contributed by atoms with Gasteiger partial charge in [-0.05, 0) is 38.2 Å². The molecule has 2 aromatic heterocycles. The van der Waals surface area contributed by atoms with Gasteiger partial charge in [-0.15, -0.1) is 0 Å². The normalized spacial score (nSPS) is 20.9. The first-order valence-corrected chi connectivity index (χ1v) is 10.0. The Morgan fingerprint density at radius 3 is 2.75 bits per heavy atom. The van der Waals surface area contributed by atoms with Crippen LogP contribution in [0, 0.1) is 0 Å². The number of aromatic nitrogens is 4. The van der Waals surface area contributed by atoms with Crippen LogP contribution in [0.25, 0.3) is 11.0 Å². The first-order chi connectivity index (χ1) is 13.8. The van der Waals surface area contributed by atoms with Crippen molar-refractivity contribution in [1.82, 2.24) is 20.2 Å². The number of nitrogens with zero attached hydrogens (tertiary/aromatic N) is 3. The van der Waals surface area contributed by atoms with Crippen molar-refractivity contribution in [2.24, 2.45) is 0 Å². The number of H-pyrrole nitrogens is 1. The molecule has 0 amide bonds. The van der Waals surface area contributed by atoms with E-state index in [1.165, 1.54) is 5.56 Å². The zero-order chi connectivity index (χ0) is 19.2. The van der Waals surface area contributed by atoms with Crippen molar-refractivity contribution < 1.29 is 9.47 Å². The van der Waals surface area contributed by atoms with E-state index in [2.05, 4.69) is 37.6 Å². The molecule has 2 heterocycles. The molecule has 1 atom stereocenters. The highest BCUT2D eigenvalue weighted by atomic mass is 16.5. The van der Waals surface area contributed by atoms with Crippen LogP contribution >= 0.6 is 0 Å². The SMILES string of the molecule is CCO[C@H](COC1CCC(Nc2ncnc3[nH]ncc23)CC1)c1ccccc1. The van der Waals surface area contributed by atoms with Gasteiger partial charge in [0, 0.05) is 12.6 Å². The fourth-order valence-corrected chi connectivity index (χ4v) is 3.78. The van der Waals surface area contributed by atoms with Crippen LogP contribution in [0.4, 0.5) is 5.82 Å². The van der Waals surface area contributed by atoms with Crippen molar-refractivity contribution in [3.05, 3.63) is 48.4 Å². The number of nitrogens with one attached hydrogen (secondary N) is 2. The van der Waals surface area contributed by atoms with E-state index in [4.69, 9.17) is 9.47 Å². The minimum atomic E-state index is -0.00237. The summed E-state index contributed by atoms with van der Waals surface area (Å²) in [5.41, 5.74) is 1.94. The lowest BCUT2D eigenvalue weighted by Crippen LogP contribution is -2.31. The molecule has 1 aromatic carbocycles. The second-order valence-corrected chi connectivity index (χ2v) is 7.16. The number of hydrogen-bond donors (Lipinski definition) is 2. The third kappa shape index (κ3) is 4.48. The van der Waals surface area contributed by atoms with Gasteiger partial charge in [0.05, 0.1) is 24.3 Å². The number of benzene rings is 1. The fourth-order valence-electron chi connectivity index (χ4n) is 3.78. The second kappa shape index (κ2) is 9.12. The van der Waals surface area contributed by atoms with Crippen molar-refractivity contribution in [1.29, 1.82) is 0 Å². The van der Waals surface area contributed by atoms with Crippen LogP contribution in [0.2, 0.25) is 0 Å². The Hall–Kier alpha value is -2.51. The van der Waals surface area contributed by atoms with Gasteiger partial charge in [0.25, 0.3) is 0 Å². The standard InChI is InChI=1S/C21H27N5O2/c1-2-27-19(15-6-4-3-5-7-15)13-28-17-10-8-16(9-11-17)25-20-18-12-24-26-21(18)23-14-22-20/h3-7,12,14,16-17,19H,2,8-11,13H2,1H3,(H2,22,23,24,25,26)/t16?,17?,19-/m1/s1. The fraction of sp³-hybridized carbons (Fsp3) is 0.476. The van der Waals surface area contributed by atoms with Gasteiger partial charge in [0.2, 0.25) is 0 Å². The van der Waals surface area contributed by atoms with Crippen molar-refractivity contribution in [2.75, 3.05) is 18.5 Å². The van der Waals surface area contributed by atoms with Gasteiger partial charge < -0.3 is 14.8 Å². The van der Waals surface area contributed by atoms with Gasteiger partial charge in [-0.1, -0.05) is 30.3 Å². The average molecular weight is 381 g/mol. The Labute approximate surface area is 164 Å². The summed E-state index contributed by atoms with van der Waals surface area (Å²) in [6.45, 7) is 3.31. The molecule has 0 unspecified atom stereocenters. The molecular weight excluding hydrogens is 354 g/mol. The maximum atomic E-state index is 6.22. The van der Waals surface area contributed by atoms with Crippen LogP contribution in [-0.4, -0.2) is 45.5 Å². The molecule has 1 aliphatic carbocycles. The Bertz CT molecular complexity index is 861. The van der Waals surface area contributed by atoms with Gasteiger partial charge in [-0.3, -0.25) is 5.10 Å². The van der Waals surface area contributed by atoms with Crippen LogP contribution < -0.4 is 5.32 Å². The predicted molar refractivity (Wildman–Crippen MR) is 108 cm³/mol. The van der Waals surface area contributed by atoms with E-state index in [1.54, 1.807) is 12.5 Å². The molecule has 2 N–H and O–H groups in total. The summed E-state index contributed by atoms with van der Waals surface area (Å²) in [5, 5.41) is 11.4. The number of hydrogen-bond acceptors (Lipinski definition) is 6. The molecule has 0 bridgehead atoms. The molecule has 0 aliphatic heterocycles. The third-order valence-corrected chi connectivity index (χ3v) is 5.29. The summed E-state index contributed by atoms with van der Waals surface area (Å²) in [6.07, 6.45) is 7.79. The first-order valence-electron chi connectivity index (χ1n) is 10.0. The van der Waals surface area contributed by atoms with Crippen LogP contribution in [-0.2, 0) is 9.47 Å². The number of anilines is 1. The van der Waals surface area contributed by atoms with Gasteiger partial charge in [0.1, 0.15) is 18.2 Å². The van der Waals surface area contributed by atoms with Crippen molar-refractivity contribution >= 4 is 16.9 Å². The van der Waals surface area contributed by atoms with E-state index in [0.29, 0.717) is 19.3 Å². The molecule has 28 heavy (non-hydrogen) atoms. The summed E-state index contributed by atoms with van der Waals surface area (Å²) in [5.74, 6) is 0.851. The Balaban J connectivity index is 1.27. The Morgan fingerprint density at radius 1 is 1.14 bits per heavy atom. The van der Waals surface area contributed by atoms with Crippen molar-refractivity contribution in [3.63, 3.8) is 0 Å². The molecule has 3 aromatic rings. The van der Waals surface area contributed by atoms with E-state index < -0.39 is 0 Å². The van der Waals surface area contributed by atoms with Crippen molar-refractivity contribution in [2.45, 2.75) is 50.9 Å². The zero-order valence-corrected chi connectivity index (χ0v) is 16.2. The van der Waals surface area contributed by atoms with Crippen LogP contribution in [0.15, 0.2) is 42.9 Å². The summed E-state index contributed by atoms with van der Waals surface area (Å²) >= 11 is 0. The molecule has 148 valence electrons. The summed E-state index contributed by atoms with van der Waals surface area (Å²) in [7, 11) is 0. The lowest BCUT2D eigenvalue weighted by molar-refractivity contribution is -0.0527. The van der Waals surface area contributed by atoms with Gasteiger partial charge >= 0.3 is 0 Å². The molecule has 1 saturated carbocycles. The molecule has 7 heteroatoms. The van der Waals surface area contributed by atoms with E-state index >= 15 is 0 Å². The van der Waals surface area contributed by atoms with Gasteiger partial charge in [0.15, 0.2) is 5.65 Å². The molecule has 1 fully saturated rings.